The summed E-state index contributed by atoms with van der Waals surface area (Å²) in [6.45, 7) is 3.63. The third-order valence-corrected chi connectivity index (χ3v) is 4.96. The number of hydrogen-bond donors (Lipinski definition) is 2. The molecule has 0 radical (unpaired) electrons. The Morgan fingerprint density at radius 2 is 2.27 bits per heavy atom. The number of β-amino-alcohol motifs (C(OH)–C–C–N with tert-alkyl or cyclic N) is 1. The smallest absolute Gasteiger partial charge is 0.224 e. The Balaban J connectivity index is 1.57. The van der Waals surface area contributed by atoms with Gasteiger partial charge in [-0.3, -0.25) is 14.4 Å². The zero-order valence-corrected chi connectivity index (χ0v) is 13.5. The summed E-state index contributed by atoms with van der Waals surface area (Å²) < 4.78 is 1.75. The highest BCUT2D eigenvalue weighted by Gasteiger charge is 2.36. The molecule has 22 heavy (non-hydrogen) atoms. The number of carbonyl (C=O) groups is 1. The van der Waals surface area contributed by atoms with Crippen LogP contribution in [0.2, 0.25) is 0 Å². The van der Waals surface area contributed by atoms with Crippen molar-refractivity contribution in [3.05, 3.63) is 17.5 Å². The SMILES string of the molecule is Cc1nn(C)cc1CC(=O)N[C@@H]1CCC[C@@H]1N1CCC(O)C1. The third kappa shape index (κ3) is 3.33. The van der Waals surface area contributed by atoms with Crippen LogP contribution in [0.3, 0.4) is 0 Å². The van der Waals surface area contributed by atoms with Crippen molar-refractivity contribution in [2.45, 2.75) is 57.2 Å². The number of nitrogens with one attached hydrogen (secondary N) is 1. The fourth-order valence-electron chi connectivity index (χ4n) is 3.87. The predicted octanol–water partition coefficient (Wildman–Crippen LogP) is 0.375. The van der Waals surface area contributed by atoms with Crippen molar-refractivity contribution in [2.24, 2.45) is 7.05 Å². The summed E-state index contributed by atoms with van der Waals surface area (Å²) in [5.74, 6) is 0.0766. The number of aliphatic hydroxyl groups excluding tert-OH is 1. The molecule has 3 atom stereocenters. The van der Waals surface area contributed by atoms with Gasteiger partial charge in [-0.05, 0) is 32.6 Å². The van der Waals surface area contributed by atoms with Crippen LogP contribution in [-0.2, 0) is 18.3 Å². The van der Waals surface area contributed by atoms with Crippen LogP contribution >= 0.6 is 0 Å². The van der Waals surface area contributed by atoms with Gasteiger partial charge >= 0.3 is 0 Å². The molecule has 1 saturated carbocycles. The molecule has 122 valence electrons. The third-order valence-electron chi connectivity index (χ3n) is 4.96. The second-order valence-electron chi connectivity index (χ2n) is 6.70. The van der Waals surface area contributed by atoms with Crippen LogP contribution in [0.15, 0.2) is 6.20 Å². The van der Waals surface area contributed by atoms with E-state index in [2.05, 4.69) is 15.3 Å². The molecular weight excluding hydrogens is 280 g/mol. The molecule has 6 heteroatoms. The van der Waals surface area contributed by atoms with E-state index >= 15 is 0 Å². The normalized spacial score (nSPS) is 29.1. The van der Waals surface area contributed by atoms with Gasteiger partial charge in [0, 0.05) is 44.0 Å². The number of hydrogen-bond acceptors (Lipinski definition) is 4. The second-order valence-corrected chi connectivity index (χ2v) is 6.70. The highest BCUT2D eigenvalue weighted by Crippen LogP contribution is 2.27. The lowest BCUT2D eigenvalue weighted by Crippen LogP contribution is -2.48. The van der Waals surface area contributed by atoms with E-state index in [4.69, 9.17) is 0 Å². The number of aryl methyl sites for hydroxylation is 2. The minimum absolute atomic E-state index is 0.0766. The first-order valence-corrected chi connectivity index (χ1v) is 8.23. The summed E-state index contributed by atoms with van der Waals surface area (Å²) in [6, 6.07) is 0.603. The fraction of sp³-hybridized carbons (Fsp3) is 0.750. The first kappa shape index (κ1) is 15.5. The molecule has 1 saturated heterocycles. The van der Waals surface area contributed by atoms with Gasteiger partial charge in [-0.2, -0.15) is 5.10 Å². The molecule has 0 spiro atoms. The molecule has 1 aliphatic carbocycles. The van der Waals surface area contributed by atoms with Gasteiger partial charge in [-0.25, -0.2) is 0 Å². The van der Waals surface area contributed by atoms with E-state index in [1.54, 1.807) is 4.68 Å². The minimum atomic E-state index is -0.199. The molecular formula is C16H26N4O2. The van der Waals surface area contributed by atoms with E-state index in [0.717, 1.165) is 50.0 Å². The molecule has 2 aliphatic rings. The maximum Gasteiger partial charge on any atom is 0.224 e. The molecule has 3 rings (SSSR count). The quantitative estimate of drug-likeness (QED) is 0.843. The van der Waals surface area contributed by atoms with E-state index in [9.17, 15) is 9.90 Å². The standard InChI is InChI=1S/C16H26N4O2/c1-11-12(9-19(2)18-11)8-16(22)17-14-4-3-5-15(14)20-7-6-13(21)10-20/h9,13-15,21H,3-8,10H2,1-2H3,(H,17,22)/t13?,14-,15+/m1/s1. The number of carbonyl (C=O) groups excluding carboxylic acids is 1. The first-order valence-electron chi connectivity index (χ1n) is 8.23. The Kier molecular flexibility index (Phi) is 4.49. The molecule has 1 aromatic rings. The van der Waals surface area contributed by atoms with Gasteiger partial charge in [0.05, 0.1) is 18.2 Å². The summed E-state index contributed by atoms with van der Waals surface area (Å²) in [4.78, 5) is 14.7. The number of rotatable bonds is 4. The average molecular weight is 306 g/mol. The van der Waals surface area contributed by atoms with Gasteiger partial charge in [0.1, 0.15) is 0 Å². The highest BCUT2D eigenvalue weighted by atomic mass is 16.3. The van der Waals surface area contributed by atoms with E-state index in [-0.39, 0.29) is 18.1 Å². The minimum Gasteiger partial charge on any atom is -0.392 e. The van der Waals surface area contributed by atoms with Crippen LogP contribution in [0.1, 0.15) is 36.9 Å². The zero-order chi connectivity index (χ0) is 15.7. The van der Waals surface area contributed by atoms with Crippen molar-refractivity contribution in [3.63, 3.8) is 0 Å². The van der Waals surface area contributed by atoms with Crippen molar-refractivity contribution in [3.8, 4) is 0 Å². The second kappa shape index (κ2) is 6.38. The zero-order valence-electron chi connectivity index (χ0n) is 13.5. The van der Waals surface area contributed by atoms with Gasteiger partial charge in [-0.1, -0.05) is 0 Å². The average Bonchev–Trinajstić information content (AvgIpc) is 3.12. The van der Waals surface area contributed by atoms with Gasteiger partial charge in [0.15, 0.2) is 0 Å². The molecule has 2 N–H and O–H groups in total. The lowest BCUT2D eigenvalue weighted by atomic mass is 10.1. The van der Waals surface area contributed by atoms with Crippen molar-refractivity contribution in [1.29, 1.82) is 0 Å². The Morgan fingerprint density at radius 1 is 1.45 bits per heavy atom. The molecule has 0 aromatic carbocycles. The molecule has 1 aromatic heterocycles. The van der Waals surface area contributed by atoms with Crippen LogP contribution < -0.4 is 5.32 Å². The van der Waals surface area contributed by atoms with Gasteiger partial charge < -0.3 is 10.4 Å². The lowest BCUT2D eigenvalue weighted by molar-refractivity contribution is -0.121. The summed E-state index contributed by atoms with van der Waals surface area (Å²) in [7, 11) is 1.88. The largest absolute Gasteiger partial charge is 0.392 e. The van der Waals surface area contributed by atoms with E-state index in [1.807, 2.05) is 20.2 Å². The summed E-state index contributed by atoms with van der Waals surface area (Å²) >= 11 is 0. The molecule has 2 heterocycles. The van der Waals surface area contributed by atoms with Gasteiger partial charge in [-0.15, -0.1) is 0 Å². The van der Waals surface area contributed by atoms with Crippen LogP contribution in [0.4, 0.5) is 0 Å². The van der Waals surface area contributed by atoms with Crippen LogP contribution in [0, 0.1) is 6.92 Å². The predicted molar refractivity (Wildman–Crippen MR) is 83.4 cm³/mol. The molecule has 0 bridgehead atoms. The Bertz CT molecular complexity index is 542. The molecule has 1 aliphatic heterocycles. The highest BCUT2D eigenvalue weighted by molar-refractivity contribution is 5.79. The summed E-state index contributed by atoms with van der Waals surface area (Å²) in [5, 5.41) is 17.2. The van der Waals surface area contributed by atoms with Crippen molar-refractivity contribution >= 4 is 5.91 Å². The van der Waals surface area contributed by atoms with Crippen molar-refractivity contribution in [1.82, 2.24) is 20.0 Å². The van der Waals surface area contributed by atoms with Gasteiger partial charge in [0.2, 0.25) is 5.91 Å². The van der Waals surface area contributed by atoms with Crippen LogP contribution in [0.25, 0.3) is 0 Å². The Hall–Kier alpha value is -1.40. The van der Waals surface area contributed by atoms with E-state index in [0.29, 0.717) is 12.5 Å². The number of aromatic nitrogens is 2. The lowest BCUT2D eigenvalue weighted by Gasteiger charge is -2.29. The topological polar surface area (TPSA) is 70.4 Å². The maximum atomic E-state index is 12.3. The number of amides is 1. The first-order chi connectivity index (χ1) is 10.5. The molecule has 1 unspecified atom stereocenters. The number of likely N-dealkylation sites (tertiary alicyclic amines) is 1. The monoisotopic (exact) mass is 306 g/mol. The molecule has 6 nitrogen and oxygen atoms in total. The van der Waals surface area contributed by atoms with Crippen molar-refractivity contribution < 1.29 is 9.90 Å². The molecule has 1 amide bonds. The Morgan fingerprint density at radius 3 is 2.91 bits per heavy atom. The number of nitrogens with zero attached hydrogens (tertiary/aromatic N) is 3. The number of aliphatic hydroxyl groups is 1. The van der Waals surface area contributed by atoms with Crippen molar-refractivity contribution in [2.75, 3.05) is 13.1 Å². The summed E-state index contributed by atoms with van der Waals surface area (Å²) in [5.41, 5.74) is 1.91. The summed E-state index contributed by atoms with van der Waals surface area (Å²) in [6.07, 6.45) is 6.26. The fourth-order valence-corrected chi connectivity index (χ4v) is 3.87. The van der Waals surface area contributed by atoms with Crippen LogP contribution in [-0.4, -0.2) is 57.0 Å². The Labute approximate surface area is 131 Å². The van der Waals surface area contributed by atoms with E-state index < -0.39 is 0 Å². The van der Waals surface area contributed by atoms with Gasteiger partial charge in [0.25, 0.3) is 0 Å². The maximum absolute atomic E-state index is 12.3. The molecule has 2 fully saturated rings. The van der Waals surface area contributed by atoms with E-state index in [1.165, 1.54) is 0 Å². The van der Waals surface area contributed by atoms with Crippen LogP contribution in [0.5, 0.6) is 0 Å².